The Hall–Kier alpha value is -7.41. The Morgan fingerprint density at radius 3 is 1.47 bits per heavy atom. The average Bonchev–Trinajstić information content (AvgIpc) is 3.92. The van der Waals surface area contributed by atoms with Gasteiger partial charge in [-0.05, 0) is 86.5 Å². The molecule has 0 unspecified atom stereocenters. The molecule has 0 atom stereocenters. The lowest BCUT2D eigenvalue weighted by Crippen LogP contribution is -2.73. The summed E-state index contributed by atoms with van der Waals surface area (Å²) in [5, 5.41) is 5.32. The third-order valence-corrected chi connectivity index (χ3v) is 16.8. The first kappa shape index (κ1) is 31.9. The molecule has 5 heterocycles. The first-order valence-corrected chi connectivity index (χ1v) is 21.4. The van der Waals surface area contributed by atoms with Gasteiger partial charge in [-0.15, -0.1) is 0 Å². The maximum Gasteiger partial charge on any atom is 0.183 e. The lowest BCUT2D eigenvalue weighted by Gasteiger charge is -2.33. The van der Waals surface area contributed by atoms with Crippen LogP contribution in [0.5, 0.6) is 0 Å². The Balaban J connectivity index is 1.17. The van der Waals surface area contributed by atoms with Crippen molar-refractivity contribution < 1.29 is 0 Å². The van der Waals surface area contributed by atoms with Crippen LogP contribution in [0.25, 0.3) is 79.6 Å². The number of para-hydroxylation sites is 6. The van der Waals surface area contributed by atoms with E-state index in [0.717, 1.165) is 61.9 Å². The molecule has 0 amide bonds. The summed E-state index contributed by atoms with van der Waals surface area (Å²) in [4.78, 5) is 15.8. The van der Waals surface area contributed by atoms with Crippen molar-refractivity contribution in [3.63, 3.8) is 0 Å². The van der Waals surface area contributed by atoms with Gasteiger partial charge in [-0.3, -0.25) is 14.1 Å². The Morgan fingerprint density at radius 1 is 0.404 bits per heavy atom. The molecule has 0 fully saturated rings. The Bertz CT molecular complexity index is 3030. The zero-order chi connectivity index (χ0) is 37.5. The monoisotopic (exact) mass is 743 g/mol. The number of rotatable bonds is 4. The fourth-order valence-corrected chi connectivity index (χ4v) is 15.0. The van der Waals surface area contributed by atoms with Crippen LogP contribution < -0.4 is 20.7 Å². The van der Waals surface area contributed by atoms with Crippen LogP contribution in [0.4, 0.5) is 0 Å². The number of fused-ring (bicyclic) bond motifs is 11. The normalized spacial score (nSPS) is 13.3. The van der Waals surface area contributed by atoms with Crippen LogP contribution in [0.1, 0.15) is 11.1 Å². The zero-order valence-corrected chi connectivity index (χ0v) is 31.8. The van der Waals surface area contributed by atoms with Crippen LogP contribution in [0.2, 0.25) is 0 Å². The molecule has 0 saturated heterocycles. The van der Waals surface area contributed by atoms with E-state index < -0.39 is 8.07 Å². The minimum atomic E-state index is -3.05. The van der Waals surface area contributed by atoms with Gasteiger partial charge < -0.3 is 0 Å². The highest BCUT2D eigenvalue weighted by Crippen LogP contribution is 2.35. The van der Waals surface area contributed by atoms with Gasteiger partial charge in [0.25, 0.3) is 0 Å². The molecule has 266 valence electrons. The highest BCUT2D eigenvalue weighted by Gasteiger charge is 2.52. The van der Waals surface area contributed by atoms with E-state index in [1.54, 1.807) is 0 Å². The van der Waals surface area contributed by atoms with E-state index in [2.05, 4.69) is 203 Å². The highest BCUT2D eigenvalue weighted by molar-refractivity contribution is 7.22. The number of nitrogens with zero attached hydrogens (tertiary/aromatic N) is 5. The van der Waals surface area contributed by atoms with Gasteiger partial charge in [0.15, 0.2) is 8.07 Å². The summed E-state index contributed by atoms with van der Waals surface area (Å²) >= 11 is 0. The number of pyridine rings is 1. The molecule has 0 saturated carbocycles. The largest absolute Gasteiger partial charge is 0.292 e. The van der Waals surface area contributed by atoms with Gasteiger partial charge in [0, 0.05) is 34.3 Å². The predicted octanol–water partition coefficient (Wildman–Crippen LogP) is 8.94. The second kappa shape index (κ2) is 12.3. The second-order valence-corrected chi connectivity index (χ2v) is 18.5. The summed E-state index contributed by atoms with van der Waals surface area (Å²) in [6, 6.07) is 65.5. The van der Waals surface area contributed by atoms with Crippen molar-refractivity contribution >= 4 is 63.0 Å². The number of aromatic nitrogens is 5. The van der Waals surface area contributed by atoms with Crippen LogP contribution in [0.15, 0.2) is 188 Å². The minimum absolute atomic E-state index is 0.922. The van der Waals surface area contributed by atoms with Gasteiger partial charge in [0.2, 0.25) is 0 Å². The van der Waals surface area contributed by atoms with E-state index in [1.807, 2.05) is 6.20 Å². The topological polar surface area (TPSA) is 48.5 Å². The summed E-state index contributed by atoms with van der Waals surface area (Å²) in [7, 11) is -3.05. The molecule has 0 aliphatic carbocycles. The number of benzene rings is 7. The average molecular weight is 744 g/mol. The number of hydrogen-bond acceptors (Lipinski definition) is 3. The summed E-state index contributed by atoms with van der Waals surface area (Å²) in [5.41, 5.74) is 13.1. The molecule has 10 aromatic rings. The van der Waals surface area contributed by atoms with Crippen molar-refractivity contribution in [2.45, 2.75) is 0 Å². The molecule has 6 heteroatoms. The van der Waals surface area contributed by atoms with E-state index >= 15 is 0 Å². The van der Waals surface area contributed by atoms with Gasteiger partial charge in [-0.1, -0.05) is 140 Å². The molecule has 12 rings (SSSR count). The van der Waals surface area contributed by atoms with Crippen LogP contribution in [-0.2, 0) is 0 Å². The summed E-state index contributed by atoms with van der Waals surface area (Å²) in [5.74, 6) is 1.84. The zero-order valence-electron chi connectivity index (χ0n) is 30.8. The molecule has 3 aromatic heterocycles. The molecule has 7 aromatic carbocycles. The molecule has 5 nitrogen and oxygen atoms in total. The minimum Gasteiger partial charge on any atom is -0.292 e. The lowest BCUT2D eigenvalue weighted by molar-refractivity contribution is 1.10. The smallest absolute Gasteiger partial charge is 0.183 e. The van der Waals surface area contributed by atoms with E-state index in [1.165, 1.54) is 37.4 Å². The van der Waals surface area contributed by atoms with Gasteiger partial charge in [0.05, 0.1) is 27.8 Å². The van der Waals surface area contributed by atoms with E-state index in [9.17, 15) is 0 Å². The highest BCUT2D eigenvalue weighted by atomic mass is 28.3. The van der Waals surface area contributed by atoms with Crippen LogP contribution in [0.3, 0.4) is 0 Å². The standard InChI is InChI=1S/C51H33N5Si/c1-3-14-38(15-4-1)55-43-21-10-8-19-41(43)53-50(55)36-29-27-34-25-26-35-28-30-37(51-54-42-20-9-11-22-44(42)56(51)39-16-5-2-6-17-39)33-48(35)57(47(34)32-36)45-23-12-7-18-40(45)49-46(57)24-13-31-52-49/h1-33H. The summed E-state index contributed by atoms with van der Waals surface area (Å²) in [6.07, 6.45) is 6.57. The van der Waals surface area contributed by atoms with Gasteiger partial charge in [-0.25, -0.2) is 9.97 Å². The molecular formula is C51H33N5Si. The molecule has 57 heavy (non-hydrogen) atoms. The van der Waals surface area contributed by atoms with Crippen LogP contribution in [-0.4, -0.2) is 32.2 Å². The fourth-order valence-electron chi connectivity index (χ4n) is 9.44. The van der Waals surface area contributed by atoms with Crippen molar-refractivity contribution in [2.75, 3.05) is 0 Å². The van der Waals surface area contributed by atoms with Gasteiger partial charge >= 0.3 is 0 Å². The van der Waals surface area contributed by atoms with Crippen molar-refractivity contribution in [1.29, 1.82) is 0 Å². The van der Waals surface area contributed by atoms with Crippen molar-refractivity contribution in [3.8, 4) is 45.4 Å². The van der Waals surface area contributed by atoms with Crippen LogP contribution in [0, 0.1) is 0 Å². The summed E-state index contributed by atoms with van der Waals surface area (Å²) < 4.78 is 4.60. The predicted molar refractivity (Wildman–Crippen MR) is 236 cm³/mol. The SMILES string of the molecule is C1=Cc2ccc(-c3nc4ccccc4n3-c3ccccc3)cc2[Si]2(c3cc(-c4nc5ccccc5n4-c4ccccc4)ccc31)c1ccccc1-c1ncccc12. The van der Waals surface area contributed by atoms with E-state index in [0.29, 0.717) is 0 Å². The van der Waals surface area contributed by atoms with Gasteiger partial charge in [0.1, 0.15) is 11.6 Å². The third-order valence-electron chi connectivity index (χ3n) is 11.8. The Kier molecular flexibility index (Phi) is 6.88. The van der Waals surface area contributed by atoms with Crippen molar-refractivity contribution in [2.24, 2.45) is 0 Å². The summed E-state index contributed by atoms with van der Waals surface area (Å²) in [6.45, 7) is 0. The van der Waals surface area contributed by atoms with E-state index in [-0.39, 0.29) is 0 Å². The molecule has 0 N–H and O–H groups in total. The second-order valence-electron chi connectivity index (χ2n) is 14.8. The number of hydrogen-bond donors (Lipinski definition) is 0. The maximum atomic E-state index is 5.33. The van der Waals surface area contributed by atoms with Crippen molar-refractivity contribution in [3.05, 3.63) is 199 Å². The number of imidazole rings is 2. The van der Waals surface area contributed by atoms with E-state index in [4.69, 9.17) is 15.0 Å². The third kappa shape index (κ3) is 4.59. The van der Waals surface area contributed by atoms with Crippen molar-refractivity contribution in [1.82, 2.24) is 24.1 Å². The lowest BCUT2D eigenvalue weighted by atomic mass is 10.1. The van der Waals surface area contributed by atoms with Gasteiger partial charge in [-0.2, -0.15) is 0 Å². The fraction of sp³-hybridized carbons (Fsp3) is 0. The molecule has 0 bridgehead atoms. The Labute approximate surface area is 330 Å². The van der Waals surface area contributed by atoms with Crippen LogP contribution >= 0.6 is 0 Å². The molecule has 2 aliphatic heterocycles. The molecule has 2 aliphatic rings. The maximum absolute atomic E-state index is 5.33. The Morgan fingerprint density at radius 2 is 0.895 bits per heavy atom. The molecule has 1 spiro atoms. The molecule has 0 radical (unpaired) electrons. The first-order chi connectivity index (χ1) is 28.3. The molecular weight excluding hydrogens is 711 g/mol. The quantitative estimate of drug-likeness (QED) is 0.169. The first-order valence-electron chi connectivity index (χ1n) is 19.4.